The molecule has 2 aromatic rings. The zero-order valence-electron chi connectivity index (χ0n) is 17.2. The van der Waals surface area contributed by atoms with Crippen molar-refractivity contribution in [3.05, 3.63) is 64.0 Å². The van der Waals surface area contributed by atoms with E-state index in [2.05, 4.69) is 4.99 Å². The molecule has 0 aliphatic heterocycles. The standard InChI is InChI=1S/C21H19F7N2O2/c1-4-30(3)11-29-16-9-8-14(17(12(16)2)21(26,27)28)19(31)32-10-13-6-5-7-15(18(13)22)20(23,24)25/h5-9,11H,4,10H2,1-3H3. The van der Waals surface area contributed by atoms with Gasteiger partial charge in [0.1, 0.15) is 12.4 Å². The molecule has 0 spiro atoms. The van der Waals surface area contributed by atoms with Gasteiger partial charge in [0.2, 0.25) is 0 Å². The Morgan fingerprint density at radius 3 is 2.31 bits per heavy atom. The van der Waals surface area contributed by atoms with Crippen molar-refractivity contribution in [2.75, 3.05) is 13.6 Å². The number of aliphatic imine (C=N–C) groups is 1. The molecule has 0 fully saturated rings. The number of halogens is 7. The molecule has 32 heavy (non-hydrogen) atoms. The summed E-state index contributed by atoms with van der Waals surface area (Å²) in [7, 11) is 1.67. The molecule has 0 unspecified atom stereocenters. The number of hydrogen-bond acceptors (Lipinski definition) is 3. The number of nitrogens with zero attached hydrogens (tertiary/aromatic N) is 2. The Morgan fingerprint density at radius 2 is 1.75 bits per heavy atom. The molecule has 0 saturated carbocycles. The van der Waals surface area contributed by atoms with E-state index in [1.807, 2.05) is 6.92 Å². The maximum absolute atomic E-state index is 14.1. The molecule has 0 atom stereocenters. The van der Waals surface area contributed by atoms with Gasteiger partial charge in [0, 0.05) is 19.2 Å². The number of esters is 1. The SMILES string of the molecule is CCN(C)C=Nc1ccc(C(=O)OCc2cccc(C(F)(F)F)c2F)c(C(F)(F)F)c1C. The van der Waals surface area contributed by atoms with Gasteiger partial charge in [-0.15, -0.1) is 0 Å². The normalized spacial score (nSPS) is 12.3. The molecule has 0 bridgehead atoms. The zero-order chi connectivity index (χ0) is 24.3. The van der Waals surface area contributed by atoms with Crippen LogP contribution in [0.3, 0.4) is 0 Å². The molecule has 11 heteroatoms. The van der Waals surface area contributed by atoms with Crippen molar-refractivity contribution in [3.8, 4) is 0 Å². The fourth-order valence-electron chi connectivity index (χ4n) is 2.75. The molecular weight excluding hydrogens is 445 g/mol. The third kappa shape index (κ3) is 5.77. The van der Waals surface area contributed by atoms with Crippen molar-refractivity contribution in [3.63, 3.8) is 0 Å². The van der Waals surface area contributed by atoms with Crippen LogP contribution in [0.1, 0.15) is 39.5 Å². The summed E-state index contributed by atoms with van der Waals surface area (Å²) >= 11 is 0. The van der Waals surface area contributed by atoms with E-state index in [9.17, 15) is 35.5 Å². The quantitative estimate of drug-likeness (QED) is 0.223. The Kier molecular flexibility index (Phi) is 7.53. The Balaban J connectivity index is 2.37. The topological polar surface area (TPSA) is 41.9 Å². The fourth-order valence-corrected chi connectivity index (χ4v) is 2.75. The van der Waals surface area contributed by atoms with Crippen molar-refractivity contribution < 1.29 is 40.3 Å². The lowest BCUT2D eigenvalue weighted by atomic mass is 9.99. The molecule has 4 nitrogen and oxygen atoms in total. The van der Waals surface area contributed by atoms with Crippen LogP contribution in [0.25, 0.3) is 0 Å². The van der Waals surface area contributed by atoms with E-state index < -0.39 is 53.0 Å². The van der Waals surface area contributed by atoms with E-state index in [-0.39, 0.29) is 11.3 Å². The lowest BCUT2D eigenvalue weighted by Gasteiger charge is -2.17. The number of carbonyl (C=O) groups is 1. The van der Waals surface area contributed by atoms with E-state index in [1.54, 1.807) is 11.9 Å². The fraction of sp³-hybridized carbons (Fsp3) is 0.333. The summed E-state index contributed by atoms with van der Waals surface area (Å²) in [5.74, 6) is -3.12. The highest BCUT2D eigenvalue weighted by Crippen LogP contribution is 2.39. The summed E-state index contributed by atoms with van der Waals surface area (Å²) in [6.07, 6.45) is -8.59. The molecule has 0 radical (unpaired) electrons. The number of ether oxygens (including phenoxy) is 1. The monoisotopic (exact) mass is 464 g/mol. The molecule has 0 saturated heterocycles. The summed E-state index contributed by atoms with van der Waals surface area (Å²) in [5.41, 5.74) is -4.71. The van der Waals surface area contributed by atoms with Gasteiger partial charge in [-0.3, -0.25) is 0 Å². The first kappa shape index (κ1) is 25.2. The van der Waals surface area contributed by atoms with Crippen LogP contribution in [0.5, 0.6) is 0 Å². The Labute approximate surface area is 179 Å². The summed E-state index contributed by atoms with van der Waals surface area (Å²) < 4.78 is 98.2. The van der Waals surface area contributed by atoms with Crippen molar-refractivity contribution in [2.45, 2.75) is 32.8 Å². The second kappa shape index (κ2) is 9.58. The van der Waals surface area contributed by atoms with E-state index in [0.29, 0.717) is 12.6 Å². The molecule has 0 aliphatic rings. The third-order valence-corrected chi connectivity index (χ3v) is 4.58. The first-order valence-electron chi connectivity index (χ1n) is 9.24. The van der Waals surface area contributed by atoms with Crippen molar-refractivity contribution >= 4 is 18.0 Å². The number of benzene rings is 2. The Hall–Kier alpha value is -3.11. The lowest BCUT2D eigenvalue weighted by molar-refractivity contribution is -0.140. The highest BCUT2D eigenvalue weighted by Gasteiger charge is 2.39. The molecular formula is C21H19F7N2O2. The molecule has 0 N–H and O–H groups in total. The highest BCUT2D eigenvalue weighted by atomic mass is 19.4. The molecule has 0 heterocycles. The minimum Gasteiger partial charge on any atom is -0.457 e. The van der Waals surface area contributed by atoms with Gasteiger partial charge < -0.3 is 9.64 Å². The average Bonchev–Trinajstić information content (AvgIpc) is 2.69. The van der Waals surface area contributed by atoms with E-state index in [1.165, 1.54) is 12.4 Å². The maximum Gasteiger partial charge on any atom is 0.419 e. The van der Waals surface area contributed by atoms with E-state index in [4.69, 9.17) is 4.74 Å². The average molecular weight is 464 g/mol. The van der Waals surface area contributed by atoms with Gasteiger partial charge in [0.25, 0.3) is 0 Å². The zero-order valence-corrected chi connectivity index (χ0v) is 17.2. The lowest BCUT2D eigenvalue weighted by Crippen LogP contribution is -2.18. The molecule has 174 valence electrons. The number of alkyl halides is 6. The Bertz CT molecular complexity index is 1010. The predicted octanol–water partition coefficient (Wildman–Crippen LogP) is 6.14. The van der Waals surface area contributed by atoms with Gasteiger partial charge in [-0.2, -0.15) is 26.3 Å². The van der Waals surface area contributed by atoms with Gasteiger partial charge in [0.15, 0.2) is 0 Å². The van der Waals surface area contributed by atoms with E-state index >= 15 is 0 Å². The highest BCUT2D eigenvalue weighted by molar-refractivity contribution is 5.92. The van der Waals surface area contributed by atoms with Crippen LogP contribution >= 0.6 is 0 Å². The summed E-state index contributed by atoms with van der Waals surface area (Å²) in [4.78, 5) is 17.9. The maximum atomic E-state index is 14.1. The van der Waals surface area contributed by atoms with Crippen molar-refractivity contribution in [1.29, 1.82) is 0 Å². The largest absolute Gasteiger partial charge is 0.457 e. The Morgan fingerprint density at radius 1 is 1.09 bits per heavy atom. The second-order valence-electron chi connectivity index (χ2n) is 6.80. The van der Waals surface area contributed by atoms with Crippen LogP contribution in [0.15, 0.2) is 35.3 Å². The van der Waals surface area contributed by atoms with Gasteiger partial charge in [-0.1, -0.05) is 12.1 Å². The van der Waals surface area contributed by atoms with Crippen LogP contribution in [0, 0.1) is 12.7 Å². The van der Waals surface area contributed by atoms with Crippen molar-refractivity contribution in [2.24, 2.45) is 4.99 Å². The minimum absolute atomic E-state index is 0.0295. The number of hydrogen-bond donors (Lipinski definition) is 0. The summed E-state index contributed by atoms with van der Waals surface area (Å²) in [5, 5.41) is 0. The predicted molar refractivity (Wildman–Crippen MR) is 103 cm³/mol. The van der Waals surface area contributed by atoms with Crippen LogP contribution in [-0.2, 0) is 23.7 Å². The van der Waals surface area contributed by atoms with Gasteiger partial charge >= 0.3 is 18.3 Å². The number of rotatable bonds is 6. The summed E-state index contributed by atoms with van der Waals surface area (Å²) in [6, 6.07) is 4.39. The van der Waals surface area contributed by atoms with Gasteiger partial charge in [-0.25, -0.2) is 14.2 Å². The van der Waals surface area contributed by atoms with Crippen LogP contribution in [-0.4, -0.2) is 30.8 Å². The molecule has 0 aromatic heterocycles. The molecule has 0 aliphatic carbocycles. The minimum atomic E-state index is -4.98. The van der Waals surface area contributed by atoms with Crippen LogP contribution < -0.4 is 0 Å². The van der Waals surface area contributed by atoms with Gasteiger partial charge in [0.05, 0.1) is 28.7 Å². The van der Waals surface area contributed by atoms with E-state index in [0.717, 1.165) is 25.1 Å². The second-order valence-corrected chi connectivity index (χ2v) is 6.80. The van der Waals surface area contributed by atoms with Gasteiger partial charge in [-0.05, 0) is 37.6 Å². The number of carbonyl (C=O) groups excluding carboxylic acids is 1. The molecule has 0 amide bonds. The van der Waals surface area contributed by atoms with Crippen LogP contribution in [0.4, 0.5) is 36.4 Å². The molecule has 2 rings (SSSR count). The smallest absolute Gasteiger partial charge is 0.419 e. The third-order valence-electron chi connectivity index (χ3n) is 4.58. The first-order valence-corrected chi connectivity index (χ1v) is 9.24. The first-order chi connectivity index (χ1) is 14.8. The molecule has 2 aromatic carbocycles. The summed E-state index contributed by atoms with van der Waals surface area (Å²) in [6.45, 7) is 2.52. The van der Waals surface area contributed by atoms with Crippen LogP contribution in [0.2, 0.25) is 0 Å². The van der Waals surface area contributed by atoms with Crippen molar-refractivity contribution in [1.82, 2.24) is 4.90 Å².